The summed E-state index contributed by atoms with van der Waals surface area (Å²) in [7, 11) is 0. The molecular formula is C16H17NO. The lowest BCUT2D eigenvalue weighted by Crippen LogP contribution is -2.32. The molecule has 0 saturated carbocycles. The Kier molecular flexibility index (Phi) is 3.13. The van der Waals surface area contributed by atoms with Gasteiger partial charge in [0.15, 0.2) is 0 Å². The van der Waals surface area contributed by atoms with Gasteiger partial charge in [0.05, 0.1) is 6.10 Å². The van der Waals surface area contributed by atoms with Gasteiger partial charge < -0.3 is 10.4 Å². The van der Waals surface area contributed by atoms with Crippen LogP contribution in [0.2, 0.25) is 0 Å². The van der Waals surface area contributed by atoms with Gasteiger partial charge in [-0.2, -0.15) is 0 Å². The van der Waals surface area contributed by atoms with Crippen LogP contribution < -0.4 is 5.32 Å². The molecule has 1 unspecified atom stereocenters. The molecule has 2 aromatic rings. The maximum Gasteiger partial charge on any atom is 0.0948 e. The predicted octanol–water partition coefficient (Wildman–Crippen LogP) is 2.43. The Morgan fingerprint density at radius 3 is 2.50 bits per heavy atom. The highest BCUT2D eigenvalue weighted by Gasteiger charge is 2.29. The summed E-state index contributed by atoms with van der Waals surface area (Å²) >= 11 is 0. The molecule has 2 heteroatoms. The SMILES string of the molecule is OC1c2ccccc2C[C@@H]1NCc1ccccc1. The molecule has 0 bridgehead atoms. The van der Waals surface area contributed by atoms with E-state index in [1.807, 2.05) is 36.4 Å². The summed E-state index contributed by atoms with van der Waals surface area (Å²) in [4.78, 5) is 0. The van der Waals surface area contributed by atoms with E-state index in [0.29, 0.717) is 0 Å². The lowest BCUT2D eigenvalue weighted by molar-refractivity contribution is 0.141. The second-order valence-electron chi connectivity index (χ2n) is 4.82. The Hall–Kier alpha value is -1.64. The van der Waals surface area contributed by atoms with E-state index in [9.17, 15) is 5.11 Å². The van der Waals surface area contributed by atoms with Crippen molar-refractivity contribution in [1.82, 2.24) is 5.32 Å². The van der Waals surface area contributed by atoms with E-state index < -0.39 is 0 Å². The van der Waals surface area contributed by atoms with Crippen LogP contribution in [0.5, 0.6) is 0 Å². The van der Waals surface area contributed by atoms with Crippen molar-refractivity contribution in [2.75, 3.05) is 0 Å². The molecule has 0 heterocycles. The van der Waals surface area contributed by atoms with E-state index in [4.69, 9.17) is 0 Å². The Bertz CT molecular complexity index is 524. The first-order valence-corrected chi connectivity index (χ1v) is 6.38. The summed E-state index contributed by atoms with van der Waals surface area (Å²) < 4.78 is 0. The topological polar surface area (TPSA) is 32.3 Å². The normalized spacial score (nSPS) is 21.8. The van der Waals surface area contributed by atoms with Crippen molar-refractivity contribution >= 4 is 0 Å². The summed E-state index contributed by atoms with van der Waals surface area (Å²) in [5.41, 5.74) is 3.58. The van der Waals surface area contributed by atoms with Crippen molar-refractivity contribution in [2.24, 2.45) is 0 Å². The number of fused-ring (bicyclic) bond motifs is 1. The summed E-state index contributed by atoms with van der Waals surface area (Å²) in [6, 6.07) is 18.6. The molecule has 92 valence electrons. The van der Waals surface area contributed by atoms with Crippen molar-refractivity contribution in [3.8, 4) is 0 Å². The molecule has 0 aliphatic heterocycles. The fraction of sp³-hybridized carbons (Fsp3) is 0.250. The lowest BCUT2D eigenvalue weighted by atomic mass is 10.1. The average Bonchev–Trinajstić information content (AvgIpc) is 2.75. The molecule has 1 aliphatic rings. The zero-order chi connectivity index (χ0) is 12.4. The molecule has 0 amide bonds. The fourth-order valence-electron chi connectivity index (χ4n) is 2.60. The van der Waals surface area contributed by atoms with E-state index in [-0.39, 0.29) is 12.1 Å². The first-order valence-electron chi connectivity index (χ1n) is 6.38. The van der Waals surface area contributed by atoms with Crippen LogP contribution in [0.15, 0.2) is 54.6 Å². The second-order valence-corrected chi connectivity index (χ2v) is 4.82. The Balaban J connectivity index is 1.66. The van der Waals surface area contributed by atoms with Gasteiger partial charge in [-0.1, -0.05) is 54.6 Å². The molecule has 2 atom stereocenters. The van der Waals surface area contributed by atoms with Gasteiger partial charge in [-0.05, 0) is 23.1 Å². The average molecular weight is 239 g/mol. The molecular weight excluding hydrogens is 222 g/mol. The van der Waals surface area contributed by atoms with Crippen LogP contribution in [0.3, 0.4) is 0 Å². The van der Waals surface area contributed by atoms with Gasteiger partial charge >= 0.3 is 0 Å². The third-order valence-electron chi connectivity index (χ3n) is 3.61. The van der Waals surface area contributed by atoms with Crippen molar-refractivity contribution < 1.29 is 5.11 Å². The van der Waals surface area contributed by atoms with Gasteiger partial charge in [-0.3, -0.25) is 0 Å². The zero-order valence-corrected chi connectivity index (χ0v) is 10.2. The number of hydrogen-bond acceptors (Lipinski definition) is 2. The molecule has 2 aromatic carbocycles. The van der Waals surface area contributed by atoms with Crippen LogP contribution >= 0.6 is 0 Å². The zero-order valence-electron chi connectivity index (χ0n) is 10.2. The van der Waals surface area contributed by atoms with Crippen LogP contribution in [0.1, 0.15) is 22.8 Å². The van der Waals surface area contributed by atoms with Gasteiger partial charge in [0.25, 0.3) is 0 Å². The first kappa shape index (κ1) is 11.5. The molecule has 0 spiro atoms. The van der Waals surface area contributed by atoms with Crippen LogP contribution in [-0.2, 0) is 13.0 Å². The lowest BCUT2D eigenvalue weighted by Gasteiger charge is -2.17. The second kappa shape index (κ2) is 4.92. The van der Waals surface area contributed by atoms with Gasteiger partial charge in [0.2, 0.25) is 0 Å². The Morgan fingerprint density at radius 1 is 1.00 bits per heavy atom. The van der Waals surface area contributed by atoms with Crippen LogP contribution in [-0.4, -0.2) is 11.1 Å². The molecule has 0 saturated heterocycles. The summed E-state index contributed by atoms with van der Waals surface area (Å²) in [5.74, 6) is 0. The standard InChI is InChI=1S/C16H17NO/c18-16-14-9-5-4-8-13(14)10-15(16)17-11-12-6-2-1-3-7-12/h1-9,15-18H,10-11H2/t15-,16?/m0/s1. The Labute approximate surface area is 107 Å². The molecule has 0 fully saturated rings. The highest BCUT2D eigenvalue weighted by atomic mass is 16.3. The van der Waals surface area contributed by atoms with Crippen molar-refractivity contribution in [1.29, 1.82) is 0 Å². The molecule has 0 aromatic heterocycles. The largest absolute Gasteiger partial charge is 0.387 e. The van der Waals surface area contributed by atoms with E-state index in [2.05, 4.69) is 23.5 Å². The Morgan fingerprint density at radius 2 is 1.72 bits per heavy atom. The van der Waals surface area contributed by atoms with Crippen molar-refractivity contribution in [3.63, 3.8) is 0 Å². The van der Waals surface area contributed by atoms with Gasteiger partial charge in [-0.15, -0.1) is 0 Å². The van der Waals surface area contributed by atoms with E-state index >= 15 is 0 Å². The maximum atomic E-state index is 10.3. The number of rotatable bonds is 3. The quantitative estimate of drug-likeness (QED) is 0.862. The number of hydrogen-bond donors (Lipinski definition) is 2. The van der Waals surface area contributed by atoms with Crippen LogP contribution in [0.25, 0.3) is 0 Å². The van der Waals surface area contributed by atoms with Crippen LogP contribution in [0, 0.1) is 0 Å². The predicted molar refractivity (Wildman–Crippen MR) is 72.2 cm³/mol. The fourth-order valence-corrected chi connectivity index (χ4v) is 2.60. The minimum atomic E-state index is -0.384. The molecule has 0 radical (unpaired) electrons. The third kappa shape index (κ3) is 2.17. The summed E-state index contributed by atoms with van der Waals surface area (Å²) in [6.07, 6.45) is 0.523. The number of benzene rings is 2. The maximum absolute atomic E-state index is 10.3. The molecule has 2 nitrogen and oxygen atoms in total. The number of aliphatic hydroxyl groups excluding tert-OH is 1. The monoisotopic (exact) mass is 239 g/mol. The summed E-state index contributed by atoms with van der Waals surface area (Å²) in [6.45, 7) is 0.802. The minimum Gasteiger partial charge on any atom is -0.387 e. The smallest absolute Gasteiger partial charge is 0.0948 e. The summed E-state index contributed by atoms with van der Waals surface area (Å²) in [5, 5.41) is 13.7. The number of nitrogens with one attached hydrogen (secondary N) is 1. The first-order chi connectivity index (χ1) is 8.84. The number of aliphatic hydroxyl groups is 1. The highest BCUT2D eigenvalue weighted by molar-refractivity contribution is 5.35. The molecule has 1 aliphatic carbocycles. The van der Waals surface area contributed by atoms with Gasteiger partial charge in [0, 0.05) is 12.6 Å². The van der Waals surface area contributed by atoms with Gasteiger partial charge in [0.1, 0.15) is 0 Å². The van der Waals surface area contributed by atoms with E-state index in [1.165, 1.54) is 11.1 Å². The van der Waals surface area contributed by atoms with Crippen molar-refractivity contribution in [3.05, 3.63) is 71.3 Å². The minimum absolute atomic E-state index is 0.127. The van der Waals surface area contributed by atoms with E-state index in [1.54, 1.807) is 0 Å². The molecule has 2 N–H and O–H groups in total. The van der Waals surface area contributed by atoms with Crippen molar-refractivity contribution in [2.45, 2.75) is 25.1 Å². The third-order valence-corrected chi connectivity index (χ3v) is 3.61. The van der Waals surface area contributed by atoms with E-state index in [0.717, 1.165) is 18.5 Å². The van der Waals surface area contributed by atoms with Crippen LogP contribution in [0.4, 0.5) is 0 Å². The van der Waals surface area contributed by atoms with Gasteiger partial charge in [-0.25, -0.2) is 0 Å². The highest BCUT2D eigenvalue weighted by Crippen LogP contribution is 2.31. The molecule has 18 heavy (non-hydrogen) atoms. The molecule has 3 rings (SSSR count).